The van der Waals surface area contributed by atoms with Crippen LogP contribution in [0, 0.1) is 0 Å². The molecular weight excluding hydrogens is 436 g/mol. The van der Waals surface area contributed by atoms with E-state index in [0.717, 1.165) is 10.5 Å². The maximum atomic E-state index is 13.4. The summed E-state index contributed by atoms with van der Waals surface area (Å²) in [5, 5.41) is 13.2. The van der Waals surface area contributed by atoms with Crippen molar-refractivity contribution >= 4 is 40.4 Å². The van der Waals surface area contributed by atoms with Gasteiger partial charge in [-0.25, -0.2) is 0 Å². The normalized spacial score (nSPS) is 19.1. The van der Waals surface area contributed by atoms with E-state index >= 15 is 0 Å². The first kappa shape index (κ1) is 21.7. The van der Waals surface area contributed by atoms with Crippen LogP contribution in [0.2, 0.25) is 5.02 Å². The van der Waals surface area contributed by atoms with Crippen LogP contribution in [-0.4, -0.2) is 46.5 Å². The Morgan fingerprint density at radius 1 is 1.25 bits per heavy atom. The number of rotatable bonds is 5. The van der Waals surface area contributed by atoms with Crippen molar-refractivity contribution in [2.75, 3.05) is 13.2 Å². The van der Waals surface area contributed by atoms with E-state index in [0.29, 0.717) is 16.0 Å². The summed E-state index contributed by atoms with van der Waals surface area (Å²) in [7, 11) is 0. The lowest BCUT2D eigenvalue weighted by Gasteiger charge is -2.37. The lowest BCUT2D eigenvalue weighted by molar-refractivity contribution is -0.142. The predicted molar refractivity (Wildman–Crippen MR) is 117 cm³/mol. The van der Waals surface area contributed by atoms with Crippen molar-refractivity contribution in [2.45, 2.75) is 25.4 Å². The lowest BCUT2D eigenvalue weighted by atomic mass is 9.97. The van der Waals surface area contributed by atoms with Crippen molar-refractivity contribution in [3.05, 3.63) is 64.9 Å². The quantitative estimate of drug-likeness (QED) is 0.606. The molecule has 1 aliphatic rings. The molecule has 0 saturated carbocycles. The van der Waals surface area contributed by atoms with Crippen molar-refractivity contribution < 1.29 is 28.6 Å². The Hall–Kier alpha value is -3.52. The molecular formula is C23H21ClN2O6. The highest BCUT2D eigenvalue weighted by Crippen LogP contribution is 2.39. The number of nitrogens with one attached hydrogen (secondary N) is 1. The number of amides is 2. The fourth-order valence-electron chi connectivity index (χ4n) is 3.72. The highest BCUT2D eigenvalue weighted by molar-refractivity contribution is 6.31. The molecule has 3 aromatic rings. The minimum Gasteiger partial charge on any atom is -0.486 e. The molecule has 2 atom stereocenters. The molecule has 0 bridgehead atoms. The molecule has 0 spiro atoms. The molecule has 2 amide bonds. The van der Waals surface area contributed by atoms with Gasteiger partial charge in [-0.15, -0.1) is 0 Å². The summed E-state index contributed by atoms with van der Waals surface area (Å²) in [4.78, 5) is 39.3. The summed E-state index contributed by atoms with van der Waals surface area (Å²) in [6.07, 6.45) is 0. The van der Waals surface area contributed by atoms with Gasteiger partial charge in [0.1, 0.15) is 18.7 Å². The van der Waals surface area contributed by atoms with Gasteiger partial charge in [0, 0.05) is 5.02 Å². The number of aliphatic carboxylic acids is 1. The maximum Gasteiger partial charge on any atom is 0.323 e. The predicted octanol–water partition coefficient (Wildman–Crippen LogP) is 3.64. The summed E-state index contributed by atoms with van der Waals surface area (Å²) in [5.74, 6) is -2.60. The highest BCUT2D eigenvalue weighted by Gasteiger charge is 2.49. The summed E-state index contributed by atoms with van der Waals surface area (Å²) < 4.78 is 11.6. The first-order valence-electron chi connectivity index (χ1n) is 9.95. The van der Waals surface area contributed by atoms with Crippen molar-refractivity contribution in [3.8, 4) is 5.75 Å². The van der Waals surface area contributed by atoms with E-state index in [1.165, 1.54) is 6.92 Å². The van der Waals surface area contributed by atoms with E-state index in [1.54, 1.807) is 25.1 Å². The standard InChI is InChI=1S/C23H21ClN2O6/c1-13(14-6-4-3-5-7-14)25-22(30)23(2)12-31-19-16-10-15(24)8-9-17(16)32-20(19)21(29)26(23)11-18(27)28/h3-10,13H,11-12H2,1-2H3,(H,25,30)(H,27,28)/t13?,23-/m1/s1. The third kappa shape index (κ3) is 3.78. The number of fused-ring (bicyclic) bond motifs is 3. The van der Waals surface area contributed by atoms with Crippen molar-refractivity contribution in [2.24, 2.45) is 0 Å². The molecule has 0 aliphatic carbocycles. The number of hydrogen-bond acceptors (Lipinski definition) is 5. The largest absolute Gasteiger partial charge is 0.486 e. The van der Waals surface area contributed by atoms with E-state index in [2.05, 4.69) is 5.32 Å². The molecule has 4 rings (SSSR count). The summed E-state index contributed by atoms with van der Waals surface area (Å²) in [6, 6.07) is 13.7. The van der Waals surface area contributed by atoms with Crippen LogP contribution in [0.25, 0.3) is 11.0 Å². The van der Waals surface area contributed by atoms with Crippen molar-refractivity contribution in [1.82, 2.24) is 10.2 Å². The fourth-order valence-corrected chi connectivity index (χ4v) is 3.89. The van der Waals surface area contributed by atoms with Crippen LogP contribution in [0.4, 0.5) is 0 Å². The Morgan fingerprint density at radius 3 is 2.66 bits per heavy atom. The van der Waals surface area contributed by atoms with E-state index in [1.807, 2.05) is 30.3 Å². The number of ether oxygens (including phenoxy) is 1. The Balaban J connectivity index is 1.72. The zero-order valence-electron chi connectivity index (χ0n) is 17.4. The number of carboxylic acids is 1. The second kappa shape index (κ2) is 8.20. The summed E-state index contributed by atoms with van der Waals surface area (Å²) in [5.41, 5.74) is -0.373. The van der Waals surface area contributed by atoms with Gasteiger partial charge in [-0.05, 0) is 37.6 Å². The van der Waals surface area contributed by atoms with Gasteiger partial charge >= 0.3 is 5.97 Å². The van der Waals surface area contributed by atoms with Gasteiger partial charge in [0.2, 0.25) is 11.7 Å². The zero-order valence-corrected chi connectivity index (χ0v) is 18.2. The first-order chi connectivity index (χ1) is 15.2. The Bertz CT molecular complexity index is 1210. The number of nitrogens with zero attached hydrogens (tertiary/aromatic N) is 1. The number of carbonyl (C=O) groups excluding carboxylic acids is 2. The average molecular weight is 457 g/mol. The number of hydrogen-bond donors (Lipinski definition) is 2. The Kier molecular flexibility index (Phi) is 5.56. The molecule has 32 heavy (non-hydrogen) atoms. The second-order valence-electron chi connectivity index (χ2n) is 7.85. The van der Waals surface area contributed by atoms with Gasteiger partial charge in [0.15, 0.2) is 11.3 Å². The van der Waals surface area contributed by atoms with E-state index < -0.39 is 29.9 Å². The Labute approximate surface area is 188 Å². The van der Waals surface area contributed by atoms with Crippen LogP contribution in [-0.2, 0) is 9.59 Å². The summed E-state index contributed by atoms with van der Waals surface area (Å²) >= 11 is 6.08. The van der Waals surface area contributed by atoms with Crippen LogP contribution in [0.3, 0.4) is 0 Å². The van der Waals surface area contributed by atoms with Crippen molar-refractivity contribution in [1.29, 1.82) is 0 Å². The third-order valence-electron chi connectivity index (χ3n) is 5.57. The monoisotopic (exact) mass is 456 g/mol. The van der Waals surface area contributed by atoms with Crippen molar-refractivity contribution in [3.63, 3.8) is 0 Å². The molecule has 0 saturated heterocycles. The van der Waals surface area contributed by atoms with Gasteiger partial charge in [-0.3, -0.25) is 14.4 Å². The second-order valence-corrected chi connectivity index (χ2v) is 8.29. The van der Waals surface area contributed by atoms with E-state index in [9.17, 15) is 19.5 Å². The minimum absolute atomic E-state index is 0.135. The molecule has 8 nitrogen and oxygen atoms in total. The molecule has 1 unspecified atom stereocenters. The number of carboxylic acid groups (broad SMARTS) is 1. The van der Waals surface area contributed by atoms with Crippen LogP contribution in [0.5, 0.6) is 5.75 Å². The SMILES string of the molecule is CC(NC(=O)[C@@]1(C)COc2c(oc3ccc(Cl)cc23)C(=O)N1CC(=O)O)c1ccccc1. The van der Waals surface area contributed by atoms with Crippen LogP contribution in [0.1, 0.15) is 36.0 Å². The highest BCUT2D eigenvalue weighted by atomic mass is 35.5. The molecule has 1 aliphatic heterocycles. The van der Waals surface area contributed by atoms with E-state index in [4.69, 9.17) is 20.8 Å². The zero-order chi connectivity index (χ0) is 23.0. The smallest absolute Gasteiger partial charge is 0.323 e. The van der Waals surface area contributed by atoms with Crippen LogP contribution >= 0.6 is 11.6 Å². The van der Waals surface area contributed by atoms with Crippen LogP contribution < -0.4 is 10.1 Å². The molecule has 0 fully saturated rings. The third-order valence-corrected chi connectivity index (χ3v) is 5.80. The number of benzene rings is 2. The first-order valence-corrected chi connectivity index (χ1v) is 10.3. The van der Waals surface area contributed by atoms with Crippen LogP contribution in [0.15, 0.2) is 52.9 Å². The molecule has 166 valence electrons. The molecule has 9 heteroatoms. The van der Waals surface area contributed by atoms with Gasteiger partial charge in [-0.1, -0.05) is 41.9 Å². The van der Waals surface area contributed by atoms with Gasteiger partial charge in [0.25, 0.3) is 5.91 Å². The minimum atomic E-state index is -1.61. The molecule has 2 heterocycles. The molecule has 2 aromatic carbocycles. The maximum absolute atomic E-state index is 13.4. The average Bonchev–Trinajstić information content (AvgIpc) is 3.08. The lowest BCUT2D eigenvalue weighted by Crippen LogP contribution is -2.62. The molecule has 0 radical (unpaired) electrons. The van der Waals surface area contributed by atoms with Gasteiger partial charge in [-0.2, -0.15) is 0 Å². The van der Waals surface area contributed by atoms with Gasteiger partial charge < -0.3 is 24.5 Å². The van der Waals surface area contributed by atoms with E-state index in [-0.39, 0.29) is 24.2 Å². The summed E-state index contributed by atoms with van der Waals surface area (Å²) in [6.45, 7) is 2.30. The Morgan fingerprint density at radius 2 is 1.97 bits per heavy atom. The fraction of sp³-hybridized carbons (Fsp3) is 0.261. The number of halogens is 1. The molecule has 1 aromatic heterocycles. The topological polar surface area (TPSA) is 109 Å². The number of furan rings is 1. The van der Waals surface area contributed by atoms with Gasteiger partial charge in [0.05, 0.1) is 11.4 Å². The number of carbonyl (C=O) groups is 3. The molecule has 2 N–H and O–H groups in total.